The molecule has 1 atom stereocenters. The van der Waals surface area contributed by atoms with Gasteiger partial charge in [0.1, 0.15) is 40.7 Å². The van der Waals surface area contributed by atoms with Gasteiger partial charge in [-0.25, -0.2) is 42.3 Å². The number of halogens is 2. The first-order chi connectivity index (χ1) is 30.7. The van der Waals surface area contributed by atoms with Gasteiger partial charge in [-0.3, -0.25) is 0 Å². The number of carbonyl (C=O) groups excluding carboxylic acids is 2. The Kier molecular flexibility index (Phi) is 15.6. The zero-order valence-electron chi connectivity index (χ0n) is 37.4. The van der Waals surface area contributed by atoms with Crippen LogP contribution in [0.15, 0.2) is 89.8 Å². The molecule has 0 aliphatic carbocycles. The molecule has 0 saturated carbocycles. The lowest BCUT2D eigenvalue weighted by molar-refractivity contribution is -0.151. The molecule has 0 fully saturated rings. The maximum Gasteiger partial charge on any atom is 0.424 e. The zero-order chi connectivity index (χ0) is 47.1. The van der Waals surface area contributed by atoms with Crippen molar-refractivity contribution >= 4 is 67.6 Å². The van der Waals surface area contributed by atoms with Crippen LogP contribution in [-0.4, -0.2) is 84.0 Å². The first-order valence-corrected chi connectivity index (χ1v) is 27.6. The fraction of sp³-hybridized carbons (Fsp3) is 0.348. The summed E-state index contributed by atoms with van der Waals surface area (Å²) in [6, 6.07) is 20.5. The number of fused-ring (bicyclic) bond motifs is 1. The number of benzene rings is 3. The van der Waals surface area contributed by atoms with E-state index in [1.807, 2.05) is 24.3 Å². The molecule has 0 radical (unpaired) electrons. The predicted molar refractivity (Wildman–Crippen MR) is 254 cm³/mol. The van der Waals surface area contributed by atoms with Gasteiger partial charge in [-0.2, -0.15) is 4.31 Å². The van der Waals surface area contributed by atoms with Crippen molar-refractivity contribution < 1.29 is 46.1 Å². The molecule has 14 nitrogen and oxygen atoms in total. The fourth-order valence-electron chi connectivity index (χ4n) is 6.41. The molecule has 3 aromatic heterocycles. The first-order valence-electron chi connectivity index (χ1n) is 20.7. The smallest absolute Gasteiger partial charge is 0.424 e. The van der Waals surface area contributed by atoms with Crippen molar-refractivity contribution in [2.75, 3.05) is 19.5 Å². The molecule has 0 spiro atoms. The highest BCUT2D eigenvalue weighted by atomic mass is 79.9. The molecular weight excluding hydrogens is 958 g/mol. The second-order valence-corrected chi connectivity index (χ2v) is 26.5. The summed E-state index contributed by atoms with van der Waals surface area (Å²) in [5.41, 5.74) is 1.80. The number of nitrogens with zero attached hydrogens (tertiary/aromatic N) is 5. The number of rotatable bonds is 18. The monoisotopic (exact) mass is 1010 g/mol. The van der Waals surface area contributed by atoms with Gasteiger partial charge in [0.05, 0.1) is 52.0 Å². The number of thiophene rings is 1. The van der Waals surface area contributed by atoms with Gasteiger partial charge >= 0.3 is 12.1 Å². The van der Waals surface area contributed by atoms with Gasteiger partial charge in [0.2, 0.25) is 22.0 Å². The fourth-order valence-corrected chi connectivity index (χ4v) is 12.7. The SMILES string of the molecule is CCOC(=O)[C@@H](Cc1cc(CN(C(=O)OC(C)(C)C)S(=O)(=O)CC[Si](C)(C)C)ccc1OCc1ccnc(-c2ccccc2OC)n1)Oc1ncnc2sc(-c3ccc(F)cc3)c(Br)c12. The second kappa shape index (κ2) is 20.8. The third kappa shape index (κ3) is 12.9. The van der Waals surface area contributed by atoms with E-state index < -0.39 is 41.9 Å². The van der Waals surface area contributed by atoms with Gasteiger partial charge in [0, 0.05) is 20.7 Å². The van der Waals surface area contributed by atoms with Crippen molar-refractivity contribution in [3.63, 3.8) is 0 Å². The molecule has 0 saturated heterocycles. The normalized spacial score (nSPS) is 12.4. The van der Waals surface area contributed by atoms with E-state index in [-0.39, 0.29) is 43.6 Å². The summed E-state index contributed by atoms with van der Waals surface area (Å²) in [7, 11) is -4.43. The number of methoxy groups -OCH3 is 1. The third-order valence-electron chi connectivity index (χ3n) is 9.64. The lowest BCUT2D eigenvalue weighted by Gasteiger charge is -2.28. The number of carbonyl (C=O) groups is 2. The minimum absolute atomic E-state index is 0.0302. The van der Waals surface area contributed by atoms with E-state index in [0.717, 1.165) is 14.7 Å². The van der Waals surface area contributed by atoms with E-state index in [4.69, 9.17) is 28.7 Å². The van der Waals surface area contributed by atoms with Gasteiger partial charge in [0.25, 0.3) is 0 Å². The molecule has 0 aliphatic rings. The number of esters is 1. The number of para-hydroxylation sites is 1. The molecule has 0 bridgehead atoms. The summed E-state index contributed by atoms with van der Waals surface area (Å²) in [4.78, 5) is 46.9. The van der Waals surface area contributed by atoms with Crippen molar-refractivity contribution in [3.8, 4) is 39.2 Å². The Morgan fingerprint density at radius 1 is 0.969 bits per heavy atom. The summed E-state index contributed by atoms with van der Waals surface area (Å²) < 4.78 is 72.7. The van der Waals surface area contributed by atoms with Crippen LogP contribution in [0, 0.1) is 5.82 Å². The van der Waals surface area contributed by atoms with Crippen molar-refractivity contribution in [3.05, 3.63) is 112 Å². The number of sulfonamides is 1. The van der Waals surface area contributed by atoms with Crippen LogP contribution in [0.5, 0.6) is 17.4 Å². The minimum Gasteiger partial charge on any atom is -0.496 e. The van der Waals surface area contributed by atoms with Gasteiger partial charge in [-0.05, 0) is 103 Å². The highest BCUT2D eigenvalue weighted by Gasteiger charge is 2.34. The van der Waals surface area contributed by atoms with Gasteiger partial charge < -0.3 is 23.7 Å². The van der Waals surface area contributed by atoms with E-state index in [9.17, 15) is 22.4 Å². The number of ether oxygens (including phenoxy) is 5. The Morgan fingerprint density at radius 2 is 1.71 bits per heavy atom. The molecular formula is C46H51BrFN5O9S2Si. The lowest BCUT2D eigenvalue weighted by atomic mass is 10.0. The molecule has 0 N–H and O–H groups in total. The van der Waals surface area contributed by atoms with Crippen LogP contribution in [0.25, 0.3) is 32.0 Å². The largest absolute Gasteiger partial charge is 0.496 e. The molecule has 6 rings (SSSR count). The van der Waals surface area contributed by atoms with E-state index in [1.54, 1.807) is 77.4 Å². The number of hydrogen-bond donors (Lipinski definition) is 0. The molecule has 344 valence electrons. The molecule has 19 heteroatoms. The number of aromatic nitrogens is 4. The second-order valence-electron chi connectivity index (χ2n) is 17.1. The van der Waals surface area contributed by atoms with Crippen LogP contribution in [0.1, 0.15) is 44.5 Å². The Bertz CT molecular complexity index is 2770. The standard InChI is InChI=1S/C46H51BrFN5O9S2Si/c1-9-59-44(54)37(61-42-38-39(47)40(63-43(38)51-28-50-42)30-15-17-32(48)18-16-30)25-31-24-29(26-53(45(55)62-46(2,3)4)64(56,57)22-23-65(6,7)8)14-19-35(31)60-27-33-20-21-49-41(52-33)34-12-10-11-13-36(34)58-5/h10-21,24,28,37H,9,22-23,25-27H2,1-8H3/t37-/m1/s1. The van der Waals surface area contributed by atoms with Crippen LogP contribution >= 0.6 is 27.3 Å². The lowest BCUT2D eigenvalue weighted by Crippen LogP contribution is -2.42. The summed E-state index contributed by atoms with van der Waals surface area (Å²) in [6.45, 7) is 12.5. The van der Waals surface area contributed by atoms with Crippen molar-refractivity contribution in [2.24, 2.45) is 0 Å². The van der Waals surface area contributed by atoms with Gasteiger partial charge in [-0.1, -0.05) is 56.0 Å². The van der Waals surface area contributed by atoms with Crippen LogP contribution in [-0.2, 0) is 43.9 Å². The summed E-state index contributed by atoms with van der Waals surface area (Å²) in [5, 5.41) is 0.488. The number of amides is 1. The molecule has 0 unspecified atom stereocenters. The summed E-state index contributed by atoms with van der Waals surface area (Å²) in [6.07, 6.45) is 0.464. The number of hydrogen-bond acceptors (Lipinski definition) is 14. The summed E-state index contributed by atoms with van der Waals surface area (Å²) >= 11 is 5.01. The third-order valence-corrected chi connectivity index (χ3v) is 15.6. The van der Waals surface area contributed by atoms with Gasteiger partial charge in [-0.15, -0.1) is 11.3 Å². The van der Waals surface area contributed by atoms with Crippen LogP contribution in [0.4, 0.5) is 9.18 Å². The maximum atomic E-state index is 14.0. The van der Waals surface area contributed by atoms with Crippen molar-refractivity contribution in [1.29, 1.82) is 0 Å². The molecule has 1 amide bonds. The Morgan fingerprint density at radius 3 is 2.40 bits per heavy atom. The van der Waals surface area contributed by atoms with Crippen molar-refractivity contribution in [1.82, 2.24) is 24.2 Å². The quantitative estimate of drug-likeness (QED) is 0.0589. The van der Waals surface area contributed by atoms with E-state index in [1.165, 1.54) is 29.8 Å². The molecule has 3 aromatic carbocycles. The molecule has 0 aliphatic heterocycles. The average molecular weight is 1010 g/mol. The molecule has 3 heterocycles. The molecule has 6 aromatic rings. The Balaban J connectivity index is 1.40. The summed E-state index contributed by atoms with van der Waals surface area (Å²) in [5.74, 6) is 0.0936. The minimum atomic E-state index is -4.15. The topological polar surface area (TPSA) is 169 Å². The predicted octanol–water partition coefficient (Wildman–Crippen LogP) is 10.3. The van der Waals surface area contributed by atoms with E-state index in [0.29, 0.717) is 60.4 Å². The highest BCUT2D eigenvalue weighted by Crippen LogP contribution is 2.44. The zero-order valence-corrected chi connectivity index (χ0v) is 41.6. The Hall–Kier alpha value is -5.50. The van der Waals surface area contributed by atoms with Crippen LogP contribution in [0.3, 0.4) is 0 Å². The van der Waals surface area contributed by atoms with Crippen LogP contribution < -0.4 is 14.2 Å². The Labute approximate surface area is 391 Å². The average Bonchev–Trinajstić information content (AvgIpc) is 3.60. The van der Waals surface area contributed by atoms with Crippen molar-refractivity contribution in [2.45, 2.75) is 84.7 Å². The maximum absolute atomic E-state index is 14.0. The first kappa shape index (κ1) is 48.9. The highest BCUT2D eigenvalue weighted by molar-refractivity contribution is 9.10. The van der Waals surface area contributed by atoms with Gasteiger partial charge in [0.15, 0.2) is 5.82 Å². The van der Waals surface area contributed by atoms with E-state index >= 15 is 0 Å². The van der Waals surface area contributed by atoms with E-state index in [2.05, 4.69) is 50.5 Å². The molecule has 65 heavy (non-hydrogen) atoms. The van der Waals surface area contributed by atoms with Crippen LogP contribution in [0.2, 0.25) is 25.7 Å².